The molecule has 0 aliphatic rings. The van der Waals surface area contributed by atoms with Gasteiger partial charge in [-0.1, -0.05) is 129 Å². The highest BCUT2D eigenvalue weighted by atomic mass is 16.6. The van der Waals surface area contributed by atoms with Crippen molar-refractivity contribution in [3.05, 3.63) is 12.2 Å². The third-order valence-electron chi connectivity index (χ3n) is 7.06. The minimum atomic E-state index is -0.766. The number of aliphatic hydroxyl groups excluding tert-OH is 1. The maximum atomic E-state index is 12.1. The van der Waals surface area contributed by atoms with Crippen LogP contribution in [0.2, 0.25) is 0 Å². The van der Waals surface area contributed by atoms with Crippen molar-refractivity contribution in [1.82, 2.24) is 0 Å². The van der Waals surface area contributed by atoms with E-state index in [1.165, 1.54) is 96.3 Å². The number of unbranched alkanes of at least 4 members (excludes halogenated alkanes) is 19. The van der Waals surface area contributed by atoms with Crippen LogP contribution in [0, 0.1) is 0 Å². The second kappa shape index (κ2) is 30.2. The van der Waals surface area contributed by atoms with Crippen LogP contribution < -0.4 is 0 Å². The van der Waals surface area contributed by atoms with E-state index in [0.717, 1.165) is 44.9 Å². The van der Waals surface area contributed by atoms with E-state index in [9.17, 15) is 14.7 Å². The number of allylic oxidation sites excluding steroid dienone is 2. The Kier molecular flexibility index (Phi) is 29.1. The quantitative estimate of drug-likeness (QED) is 0.0583. The first kappa shape index (κ1) is 36.6. The number of esters is 2. The molecule has 0 aliphatic carbocycles. The summed E-state index contributed by atoms with van der Waals surface area (Å²) in [7, 11) is 0. The lowest BCUT2D eigenvalue weighted by atomic mass is 10.1. The van der Waals surface area contributed by atoms with E-state index in [1.807, 2.05) is 0 Å². The van der Waals surface area contributed by atoms with Gasteiger partial charge in [0.25, 0.3) is 0 Å². The lowest BCUT2D eigenvalue weighted by molar-refractivity contribution is -0.161. The van der Waals surface area contributed by atoms with Crippen LogP contribution in [0.1, 0.15) is 168 Å². The molecule has 0 spiro atoms. The van der Waals surface area contributed by atoms with E-state index >= 15 is 0 Å². The Hall–Kier alpha value is -1.36. The van der Waals surface area contributed by atoms with Crippen molar-refractivity contribution in [3.8, 4) is 0 Å². The second-order valence-electron chi connectivity index (χ2n) is 10.9. The molecule has 5 nitrogen and oxygen atoms in total. The number of ether oxygens (including phenoxy) is 2. The zero-order valence-electron chi connectivity index (χ0n) is 25.2. The van der Waals surface area contributed by atoms with Gasteiger partial charge in [-0.25, -0.2) is 0 Å². The van der Waals surface area contributed by atoms with Gasteiger partial charge < -0.3 is 14.6 Å². The molecule has 0 fully saturated rings. The number of rotatable bonds is 29. The molecular weight excluding hydrogens is 476 g/mol. The van der Waals surface area contributed by atoms with Crippen molar-refractivity contribution in [2.24, 2.45) is 0 Å². The molecule has 0 aromatic heterocycles. The highest BCUT2D eigenvalue weighted by Gasteiger charge is 2.16. The number of carbonyl (C=O) groups is 2. The van der Waals surface area contributed by atoms with Gasteiger partial charge in [-0.2, -0.15) is 0 Å². The molecule has 0 heterocycles. The van der Waals surface area contributed by atoms with Gasteiger partial charge in [-0.05, 0) is 38.5 Å². The molecule has 0 unspecified atom stereocenters. The smallest absolute Gasteiger partial charge is 0.306 e. The molecule has 1 N–H and O–H groups in total. The van der Waals surface area contributed by atoms with Gasteiger partial charge in [0, 0.05) is 12.8 Å². The standard InChI is InChI=1S/C33H62O5/c1-3-5-7-9-11-13-14-15-16-17-18-20-22-24-26-28-33(36)38-31(29-34)30-37-32(35)27-25-23-21-19-12-10-8-6-4-2/h15-16,31,34H,3-14,17-30H2,1-2H3/b16-15-/t31-/m0/s1. The van der Waals surface area contributed by atoms with Crippen molar-refractivity contribution < 1.29 is 24.2 Å². The summed E-state index contributed by atoms with van der Waals surface area (Å²) in [6.45, 7) is 4.09. The van der Waals surface area contributed by atoms with Crippen molar-refractivity contribution in [3.63, 3.8) is 0 Å². The van der Waals surface area contributed by atoms with E-state index in [4.69, 9.17) is 9.47 Å². The molecule has 5 heteroatoms. The molecule has 0 aliphatic heterocycles. The van der Waals surface area contributed by atoms with Crippen LogP contribution in [0.3, 0.4) is 0 Å². The highest BCUT2D eigenvalue weighted by Crippen LogP contribution is 2.12. The van der Waals surface area contributed by atoms with Crippen LogP contribution in [0.5, 0.6) is 0 Å². The zero-order chi connectivity index (χ0) is 27.9. The van der Waals surface area contributed by atoms with Gasteiger partial charge in [-0.3, -0.25) is 9.59 Å². The van der Waals surface area contributed by atoms with Gasteiger partial charge in [-0.15, -0.1) is 0 Å². The lowest BCUT2D eigenvalue weighted by Gasteiger charge is -2.15. The molecule has 38 heavy (non-hydrogen) atoms. The normalized spacial score (nSPS) is 12.2. The topological polar surface area (TPSA) is 72.8 Å². The summed E-state index contributed by atoms with van der Waals surface area (Å²) in [6.07, 6.45) is 31.2. The van der Waals surface area contributed by atoms with Gasteiger partial charge in [0.1, 0.15) is 6.61 Å². The predicted molar refractivity (Wildman–Crippen MR) is 159 cm³/mol. The Bertz CT molecular complexity index is 546. The molecular formula is C33H62O5. The second-order valence-corrected chi connectivity index (χ2v) is 10.9. The largest absolute Gasteiger partial charge is 0.462 e. The molecule has 224 valence electrons. The summed E-state index contributed by atoms with van der Waals surface area (Å²) in [5, 5.41) is 9.47. The fourth-order valence-corrected chi connectivity index (χ4v) is 4.55. The minimum Gasteiger partial charge on any atom is -0.462 e. The average Bonchev–Trinajstić information content (AvgIpc) is 2.92. The van der Waals surface area contributed by atoms with Crippen molar-refractivity contribution in [2.75, 3.05) is 13.2 Å². The third-order valence-corrected chi connectivity index (χ3v) is 7.06. The van der Waals surface area contributed by atoms with Crippen LogP contribution in [-0.4, -0.2) is 36.4 Å². The highest BCUT2D eigenvalue weighted by molar-refractivity contribution is 5.70. The van der Waals surface area contributed by atoms with Crippen LogP contribution in [0.15, 0.2) is 12.2 Å². The number of hydrogen-bond donors (Lipinski definition) is 1. The van der Waals surface area contributed by atoms with Crippen molar-refractivity contribution in [2.45, 2.75) is 174 Å². The number of aliphatic hydroxyl groups is 1. The Balaban J connectivity index is 3.58. The van der Waals surface area contributed by atoms with Crippen molar-refractivity contribution >= 4 is 11.9 Å². The lowest BCUT2D eigenvalue weighted by Crippen LogP contribution is -2.28. The summed E-state index contributed by atoms with van der Waals surface area (Å²) in [5.74, 6) is -0.601. The zero-order valence-corrected chi connectivity index (χ0v) is 25.2. The maximum absolute atomic E-state index is 12.1. The number of carbonyl (C=O) groups excluding carboxylic acids is 2. The first-order valence-corrected chi connectivity index (χ1v) is 16.2. The van der Waals surface area contributed by atoms with Gasteiger partial charge >= 0.3 is 11.9 Å². The predicted octanol–water partition coefficient (Wildman–Crippen LogP) is 9.39. The van der Waals surface area contributed by atoms with Gasteiger partial charge in [0.15, 0.2) is 6.10 Å². The summed E-state index contributed by atoms with van der Waals surface area (Å²) in [6, 6.07) is 0. The van der Waals surface area contributed by atoms with Crippen molar-refractivity contribution in [1.29, 1.82) is 0 Å². The SMILES string of the molecule is CCCCCCCC/C=C\CCCCCCCC(=O)O[C@@H](CO)COC(=O)CCCCCCCCCCC. The summed E-state index contributed by atoms with van der Waals surface area (Å²) < 4.78 is 10.5. The van der Waals surface area contributed by atoms with Crippen LogP contribution in [0.4, 0.5) is 0 Å². The maximum Gasteiger partial charge on any atom is 0.306 e. The summed E-state index contributed by atoms with van der Waals surface area (Å²) >= 11 is 0. The Morgan fingerprint density at radius 1 is 0.579 bits per heavy atom. The monoisotopic (exact) mass is 538 g/mol. The first-order chi connectivity index (χ1) is 18.6. The molecule has 0 rings (SSSR count). The molecule has 0 bridgehead atoms. The summed E-state index contributed by atoms with van der Waals surface area (Å²) in [4.78, 5) is 24.0. The fraction of sp³-hybridized carbons (Fsp3) is 0.879. The molecule has 0 saturated carbocycles. The van der Waals surface area contributed by atoms with Crippen LogP contribution >= 0.6 is 0 Å². The van der Waals surface area contributed by atoms with Crippen LogP contribution in [-0.2, 0) is 19.1 Å². The van der Waals surface area contributed by atoms with Gasteiger partial charge in [0.2, 0.25) is 0 Å². The van der Waals surface area contributed by atoms with E-state index in [1.54, 1.807) is 0 Å². The molecule has 0 radical (unpaired) electrons. The minimum absolute atomic E-state index is 0.0646. The Morgan fingerprint density at radius 2 is 0.974 bits per heavy atom. The third kappa shape index (κ3) is 27.7. The molecule has 1 atom stereocenters. The van der Waals surface area contributed by atoms with E-state index in [2.05, 4.69) is 26.0 Å². The molecule has 0 amide bonds. The van der Waals surface area contributed by atoms with E-state index < -0.39 is 6.10 Å². The first-order valence-electron chi connectivity index (χ1n) is 16.2. The number of hydrogen-bond acceptors (Lipinski definition) is 5. The Morgan fingerprint density at radius 3 is 1.42 bits per heavy atom. The van der Waals surface area contributed by atoms with Crippen LogP contribution in [0.25, 0.3) is 0 Å². The Labute approximate surface area is 235 Å². The fourth-order valence-electron chi connectivity index (χ4n) is 4.55. The molecule has 0 saturated heterocycles. The molecule has 0 aromatic carbocycles. The van der Waals surface area contributed by atoms with E-state index in [-0.39, 0.29) is 25.2 Å². The average molecular weight is 539 g/mol. The van der Waals surface area contributed by atoms with Gasteiger partial charge in [0.05, 0.1) is 6.61 Å². The molecule has 0 aromatic rings. The summed E-state index contributed by atoms with van der Waals surface area (Å²) in [5.41, 5.74) is 0. The van der Waals surface area contributed by atoms with E-state index in [0.29, 0.717) is 12.8 Å².